The van der Waals surface area contributed by atoms with Gasteiger partial charge in [0.15, 0.2) is 0 Å². The number of nitrogens with one attached hydrogen (secondary N) is 3. The third-order valence-electron chi connectivity index (χ3n) is 5.35. The second-order valence-corrected chi connectivity index (χ2v) is 8.35. The summed E-state index contributed by atoms with van der Waals surface area (Å²) in [5.41, 5.74) is 1.27. The van der Waals surface area contributed by atoms with Crippen LogP contribution in [-0.4, -0.2) is 69.0 Å². The molecule has 0 radical (unpaired) electrons. The molecule has 2 aromatic heterocycles. The van der Waals surface area contributed by atoms with E-state index in [-0.39, 0.29) is 37.6 Å². The number of pyridine rings is 1. The van der Waals surface area contributed by atoms with Crippen LogP contribution in [0.4, 0.5) is 5.69 Å². The summed E-state index contributed by atoms with van der Waals surface area (Å²) in [6, 6.07) is 9.67. The van der Waals surface area contributed by atoms with Crippen molar-refractivity contribution in [3.63, 3.8) is 0 Å². The lowest BCUT2D eigenvalue weighted by Gasteiger charge is -2.18. The summed E-state index contributed by atoms with van der Waals surface area (Å²) in [6.07, 6.45) is 4.97. The Bertz CT molecular complexity index is 1280. The van der Waals surface area contributed by atoms with Gasteiger partial charge in [0.2, 0.25) is 17.7 Å². The van der Waals surface area contributed by atoms with Crippen molar-refractivity contribution in [1.29, 1.82) is 0 Å². The molecule has 1 unspecified atom stereocenters. The molecule has 3 rings (SSSR count). The number of imidazole rings is 1. The first-order chi connectivity index (χ1) is 17.3. The number of allylic oxidation sites excluding steroid dienone is 1. The fourth-order valence-corrected chi connectivity index (χ4v) is 3.45. The van der Waals surface area contributed by atoms with Crippen LogP contribution in [0.25, 0.3) is 11.0 Å². The Hall–Kier alpha value is -4.25. The van der Waals surface area contributed by atoms with Crippen LogP contribution in [-0.2, 0) is 20.9 Å². The minimum absolute atomic E-state index is 0.0540. The normalized spacial score (nSPS) is 12.0. The highest BCUT2D eigenvalue weighted by Gasteiger charge is 2.21. The Kier molecular flexibility index (Phi) is 9.12. The Morgan fingerprint density at radius 2 is 1.97 bits per heavy atom. The zero-order chi connectivity index (χ0) is 26.1. The molecule has 36 heavy (non-hydrogen) atoms. The maximum Gasteiger partial charge on any atom is 0.274 e. The molecule has 1 aromatic carbocycles. The van der Waals surface area contributed by atoms with Gasteiger partial charge in [0.25, 0.3) is 5.56 Å². The molecule has 0 fully saturated rings. The SMILES string of the molecule is CN(C)C(=O)/C=C/CCC(NC(=O)CCO)C(=O)Nc1cccn(Cc2nc3ccccc3[nH]2)c1=O. The fourth-order valence-electron chi connectivity index (χ4n) is 3.45. The van der Waals surface area contributed by atoms with Gasteiger partial charge in [0.1, 0.15) is 17.6 Å². The van der Waals surface area contributed by atoms with Crippen LogP contribution in [0.2, 0.25) is 0 Å². The van der Waals surface area contributed by atoms with Gasteiger partial charge in [-0.25, -0.2) is 4.98 Å². The summed E-state index contributed by atoms with van der Waals surface area (Å²) in [5, 5.41) is 14.2. The maximum absolute atomic E-state index is 13.0. The van der Waals surface area contributed by atoms with Crippen LogP contribution in [0.1, 0.15) is 25.1 Å². The third-order valence-corrected chi connectivity index (χ3v) is 5.35. The molecule has 0 aliphatic heterocycles. The van der Waals surface area contributed by atoms with E-state index in [1.807, 2.05) is 24.3 Å². The number of likely N-dealkylation sites (N-methyl/N-ethyl adjacent to an activating group) is 1. The molecule has 3 aromatic rings. The number of anilines is 1. The number of hydrogen-bond acceptors (Lipinski definition) is 6. The van der Waals surface area contributed by atoms with Crippen molar-refractivity contribution in [2.45, 2.75) is 31.8 Å². The van der Waals surface area contributed by atoms with Crippen molar-refractivity contribution in [2.75, 3.05) is 26.0 Å². The van der Waals surface area contributed by atoms with Crippen LogP contribution in [0.5, 0.6) is 0 Å². The molecule has 11 heteroatoms. The molecule has 0 aliphatic rings. The molecule has 0 spiro atoms. The van der Waals surface area contributed by atoms with Gasteiger partial charge < -0.3 is 30.2 Å². The smallest absolute Gasteiger partial charge is 0.274 e. The number of carbonyl (C=O) groups excluding carboxylic acids is 3. The van der Waals surface area contributed by atoms with Gasteiger partial charge in [0, 0.05) is 26.7 Å². The van der Waals surface area contributed by atoms with Gasteiger partial charge >= 0.3 is 0 Å². The lowest BCUT2D eigenvalue weighted by molar-refractivity contribution is -0.127. The van der Waals surface area contributed by atoms with E-state index in [9.17, 15) is 19.2 Å². The molecule has 1 atom stereocenters. The van der Waals surface area contributed by atoms with Gasteiger partial charge in [-0.05, 0) is 43.2 Å². The van der Waals surface area contributed by atoms with Crippen LogP contribution in [0, 0.1) is 0 Å². The minimum atomic E-state index is -0.966. The van der Waals surface area contributed by atoms with Crippen LogP contribution < -0.4 is 16.2 Å². The Morgan fingerprint density at radius 3 is 2.69 bits per heavy atom. The molecule has 3 amide bonds. The molecular weight excluding hydrogens is 464 g/mol. The summed E-state index contributed by atoms with van der Waals surface area (Å²) >= 11 is 0. The number of carbonyl (C=O) groups is 3. The maximum atomic E-state index is 13.0. The number of amides is 3. The number of para-hydroxylation sites is 2. The molecule has 2 heterocycles. The quantitative estimate of drug-likeness (QED) is 0.292. The van der Waals surface area contributed by atoms with E-state index in [1.165, 1.54) is 21.6 Å². The Balaban J connectivity index is 1.72. The predicted molar refractivity (Wildman–Crippen MR) is 135 cm³/mol. The zero-order valence-electron chi connectivity index (χ0n) is 20.2. The first kappa shape index (κ1) is 26.4. The van der Waals surface area contributed by atoms with Crippen molar-refractivity contribution in [3.8, 4) is 0 Å². The van der Waals surface area contributed by atoms with Crippen molar-refractivity contribution < 1.29 is 19.5 Å². The van der Waals surface area contributed by atoms with Gasteiger partial charge in [-0.2, -0.15) is 0 Å². The lowest BCUT2D eigenvalue weighted by Crippen LogP contribution is -2.44. The second kappa shape index (κ2) is 12.5. The minimum Gasteiger partial charge on any atom is -0.396 e. The summed E-state index contributed by atoms with van der Waals surface area (Å²) < 4.78 is 1.42. The number of aromatic amines is 1. The summed E-state index contributed by atoms with van der Waals surface area (Å²) in [4.78, 5) is 58.8. The molecule has 0 bridgehead atoms. The van der Waals surface area contributed by atoms with E-state index in [0.717, 1.165) is 11.0 Å². The molecule has 190 valence electrons. The first-order valence-corrected chi connectivity index (χ1v) is 11.5. The van der Waals surface area contributed by atoms with Crippen LogP contribution >= 0.6 is 0 Å². The number of benzene rings is 1. The monoisotopic (exact) mass is 494 g/mol. The van der Waals surface area contributed by atoms with E-state index < -0.39 is 23.4 Å². The average molecular weight is 495 g/mol. The van der Waals surface area contributed by atoms with Crippen molar-refractivity contribution >= 4 is 34.4 Å². The van der Waals surface area contributed by atoms with E-state index in [0.29, 0.717) is 12.2 Å². The largest absolute Gasteiger partial charge is 0.396 e. The molecule has 4 N–H and O–H groups in total. The number of H-pyrrole nitrogens is 1. The van der Waals surface area contributed by atoms with Crippen molar-refractivity contribution in [1.82, 2.24) is 24.8 Å². The molecule has 0 saturated carbocycles. The number of nitrogens with zero attached hydrogens (tertiary/aromatic N) is 3. The Labute approximate surface area is 207 Å². The van der Waals surface area contributed by atoms with Gasteiger partial charge in [0.05, 0.1) is 24.2 Å². The highest BCUT2D eigenvalue weighted by molar-refractivity contribution is 5.97. The molecular formula is C25H30N6O5. The predicted octanol–water partition coefficient (Wildman–Crippen LogP) is 1.00. The number of hydrogen-bond donors (Lipinski definition) is 4. The van der Waals surface area contributed by atoms with E-state index in [2.05, 4.69) is 20.6 Å². The van der Waals surface area contributed by atoms with E-state index in [1.54, 1.807) is 32.4 Å². The summed E-state index contributed by atoms with van der Waals surface area (Å²) in [7, 11) is 3.25. The Morgan fingerprint density at radius 1 is 1.19 bits per heavy atom. The zero-order valence-corrected chi connectivity index (χ0v) is 20.2. The van der Waals surface area contributed by atoms with Crippen molar-refractivity contribution in [2.24, 2.45) is 0 Å². The van der Waals surface area contributed by atoms with Gasteiger partial charge in [-0.1, -0.05) is 18.2 Å². The number of aliphatic hydroxyl groups excluding tert-OH is 1. The second-order valence-electron chi connectivity index (χ2n) is 8.35. The highest BCUT2D eigenvalue weighted by atomic mass is 16.3. The van der Waals surface area contributed by atoms with E-state index in [4.69, 9.17) is 5.11 Å². The fraction of sp³-hybridized carbons (Fsp3) is 0.320. The first-order valence-electron chi connectivity index (χ1n) is 11.5. The lowest BCUT2D eigenvalue weighted by atomic mass is 10.1. The van der Waals surface area contributed by atoms with E-state index >= 15 is 0 Å². The standard InChI is InChI=1S/C25H30N6O5/c1-30(2)23(34)12-6-5-10-19(28-22(33)13-15-32)24(35)29-20-11-7-14-31(25(20)36)16-21-26-17-8-3-4-9-18(17)27-21/h3-4,6-9,11-12,14,19,32H,5,10,13,15-16H2,1-2H3,(H,26,27)(H,28,33)(H,29,35)/b12-6+. The summed E-state index contributed by atoms with van der Waals surface area (Å²) in [6.45, 7) is -0.179. The molecule has 0 aliphatic carbocycles. The van der Waals surface area contributed by atoms with Gasteiger partial charge in [-0.15, -0.1) is 0 Å². The molecule has 11 nitrogen and oxygen atoms in total. The third kappa shape index (κ3) is 7.12. The number of fused-ring (bicyclic) bond motifs is 1. The average Bonchev–Trinajstić information content (AvgIpc) is 3.25. The highest BCUT2D eigenvalue weighted by Crippen LogP contribution is 2.11. The van der Waals surface area contributed by atoms with Gasteiger partial charge in [-0.3, -0.25) is 19.2 Å². The topological polar surface area (TPSA) is 149 Å². The molecule has 0 saturated heterocycles. The number of rotatable bonds is 11. The number of aliphatic hydroxyl groups is 1. The van der Waals surface area contributed by atoms with Crippen LogP contribution in [0.3, 0.4) is 0 Å². The van der Waals surface area contributed by atoms with Crippen molar-refractivity contribution in [3.05, 3.63) is 70.9 Å². The summed E-state index contributed by atoms with van der Waals surface area (Å²) in [5.74, 6) is -0.682. The number of aromatic nitrogens is 3. The van der Waals surface area contributed by atoms with Crippen LogP contribution in [0.15, 0.2) is 59.5 Å².